The number of likely N-dealkylation sites (N-methyl/N-ethyl adjacent to an activating group) is 1. The van der Waals surface area contributed by atoms with Crippen LogP contribution >= 0.6 is 0 Å². The third-order valence-electron chi connectivity index (χ3n) is 5.20. The van der Waals surface area contributed by atoms with E-state index in [1.54, 1.807) is 0 Å². The SMILES string of the molecule is CN(C)CC1=CC=CC1c1ccccc1[C](c1ccccc1)c1ccccc1. The lowest BCUT2D eigenvalue weighted by molar-refractivity contribution is 0.439. The third-order valence-corrected chi connectivity index (χ3v) is 5.20. The van der Waals surface area contributed by atoms with Crippen LogP contribution < -0.4 is 0 Å². The summed E-state index contributed by atoms with van der Waals surface area (Å²) in [6.45, 7) is 0.970. The van der Waals surface area contributed by atoms with E-state index < -0.39 is 0 Å². The number of nitrogens with zero attached hydrogens (tertiary/aromatic N) is 1. The number of hydrogen-bond acceptors (Lipinski definition) is 1. The quantitative estimate of drug-likeness (QED) is 0.496. The Labute approximate surface area is 168 Å². The number of benzene rings is 3. The first-order valence-corrected chi connectivity index (χ1v) is 9.83. The van der Waals surface area contributed by atoms with Gasteiger partial charge in [-0.15, -0.1) is 0 Å². The van der Waals surface area contributed by atoms with Crippen molar-refractivity contribution in [2.75, 3.05) is 20.6 Å². The topological polar surface area (TPSA) is 3.24 Å². The minimum Gasteiger partial charge on any atom is -0.305 e. The van der Waals surface area contributed by atoms with E-state index in [-0.39, 0.29) is 0 Å². The fourth-order valence-electron chi connectivity index (χ4n) is 4.02. The fraction of sp³-hybridized carbons (Fsp3) is 0.148. The van der Waals surface area contributed by atoms with Crippen LogP contribution in [-0.4, -0.2) is 25.5 Å². The van der Waals surface area contributed by atoms with Crippen LogP contribution in [0.2, 0.25) is 0 Å². The summed E-state index contributed by atoms with van der Waals surface area (Å²) in [5.74, 6) is 1.61. The van der Waals surface area contributed by atoms with Gasteiger partial charge in [-0.2, -0.15) is 0 Å². The summed E-state index contributed by atoms with van der Waals surface area (Å²) in [6, 6.07) is 30.3. The minimum atomic E-state index is 0.320. The van der Waals surface area contributed by atoms with Gasteiger partial charge in [0.1, 0.15) is 0 Å². The predicted molar refractivity (Wildman–Crippen MR) is 118 cm³/mol. The zero-order valence-electron chi connectivity index (χ0n) is 16.5. The monoisotopic (exact) mass is 364 g/mol. The lowest BCUT2D eigenvalue weighted by atomic mass is 9.79. The molecule has 1 nitrogen and oxygen atoms in total. The van der Waals surface area contributed by atoms with Crippen LogP contribution in [0.4, 0.5) is 0 Å². The lowest BCUT2D eigenvalue weighted by Gasteiger charge is -2.25. The number of hydrogen-bond donors (Lipinski definition) is 0. The van der Waals surface area contributed by atoms with Gasteiger partial charge in [0.15, 0.2) is 0 Å². The molecule has 0 aromatic heterocycles. The normalized spacial score (nSPS) is 16.0. The van der Waals surface area contributed by atoms with Gasteiger partial charge in [0.25, 0.3) is 0 Å². The van der Waals surface area contributed by atoms with Crippen LogP contribution in [-0.2, 0) is 0 Å². The van der Waals surface area contributed by atoms with Gasteiger partial charge in [-0.05, 0) is 41.9 Å². The van der Waals surface area contributed by atoms with E-state index >= 15 is 0 Å². The minimum absolute atomic E-state index is 0.320. The van der Waals surface area contributed by atoms with E-state index in [9.17, 15) is 0 Å². The Bertz CT molecular complexity index is 928. The molecule has 0 aliphatic heterocycles. The molecule has 0 amide bonds. The molecule has 1 aliphatic carbocycles. The lowest BCUT2D eigenvalue weighted by Crippen LogP contribution is -2.18. The van der Waals surface area contributed by atoms with Crippen molar-refractivity contribution in [3.05, 3.63) is 137 Å². The van der Waals surface area contributed by atoms with Crippen LogP contribution in [0, 0.1) is 5.92 Å². The highest BCUT2D eigenvalue weighted by molar-refractivity contribution is 5.62. The summed E-state index contributed by atoms with van der Waals surface area (Å²) in [6.07, 6.45) is 6.79. The Hall–Kier alpha value is -2.90. The predicted octanol–water partition coefficient (Wildman–Crippen LogP) is 5.85. The average Bonchev–Trinajstić information content (AvgIpc) is 3.17. The highest BCUT2D eigenvalue weighted by Crippen LogP contribution is 2.39. The third kappa shape index (κ3) is 3.85. The average molecular weight is 365 g/mol. The van der Waals surface area contributed by atoms with Crippen LogP contribution in [0.3, 0.4) is 0 Å². The molecule has 1 unspecified atom stereocenters. The first kappa shape index (κ1) is 18.5. The van der Waals surface area contributed by atoms with Gasteiger partial charge in [-0.1, -0.05) is 103 Å². The number of rotatable bonds is 6. The van der Waals surface area contributed by atoms with Gasteiger partial charge in [0.05, 0.1) is 5.92 Å². The molecule has 1 heteroatoms. The maximum absolute atomic E-state index is 2.32. The second-order valence-electron chi connectivity index (χ2n) is 7.54. The Morgan fingerprint density at radius 2 is 1.32 bits per heavy atom. The Balaban J connectivity index is 1.83. The Kier molecular flexibility index (Phi) is 5.55. The molecule has 0 bridgehead atoms. The van der Waals surface area contributed by atoms with E-state index in [1.165, 1.54) is 33.7 Å². The van der Waals surface area contributed by atoms with Crippen molar-refractivity contribution in [1.82, 2.24) is 4.90 Å². The number of allylic oxidation sites excluding steroid dienone is 3. The molecule has 0 spiro atoms. The fourth-order valence-corrected chi connectivity index (χ4v) is 4.02. The molecule has 0 saturated carbocycles. The van der Waals surface area contributed by atoms with Gasteiger partial charge < -0.3 is 4.90 Å². The van der Waals surface area contributed by atoms with Crippen LogP contribution in [0.15, 0.2) is 109 Å². The summed E-state index contributed by atoms with van der Waals surface area (Å²) in [5.41, 5.74) is 6.62. The van der Waals surface area contributed by atoms with Crippen molar-refractivity contribution < 1.29 is 0 Å². The van der Waals surface area contributed by atoms with Crippen molar-refractivity contribution in [3.8, 4) is 0 Å². The Morgan fingerprint density at radius 1 is 0.750 bits per heavy atom. The molecule has 0 saturated heterocycles. The van der Waals surface area contributed by atoms with Crippen molar-refractivity contribution in [2.45, 2.75) is 5.92 Å². The molecule has 3 aromatic carbocycles. The van der Waals surface area contributed by atoms with E-state index in [4.69, 9.17) is 0 Å². The van der Waals surface area contributed by atoms with Crippen molar-refractivity contribution in [2.24, 2.45) is 0 Å². The zero-order chi connectivity index (χ0) is 19.3. The standard InChI is InChI=1S/C27H26N/c1-28(2)20-23-16-11-19-24(23)25-17-9-10-18-26(25)27(21-12-5-3-6-13-21)22-14-7-4-8-15-22/h3-19,24H,20H2,1-2H3. The Morgan fingerprint density at radius 3 is 1.93 bits per heavy atom. The van der Waals surface area contributed by atoms with E-state index in [0.29, 0.717) is 5.92 Å². The first-order chi connectivity index (χ1) is 13.7. The van der Waals surface area contributed by atoms with Crippen LogP contribution in [0.5, 0.6) is 0 Å². The summed E-state index contributed by atoms with van der Waals surface area (Å²) < 4.78 is 0. The molecule has 139 valence electrons. The molecule has 3 aromatic rings. The molecule has 28 heavy (non-hydrogen) atoms. The molecule has 1 atom stereocenters. The van der Waals surface area contributed by atoms with E-state index in [0.717, 1.165) is 6.54 Å². The maximum Gasteiger partial charge on any atom is 0.0632 e. The van der Waals surface area contributed by atoms with E-state index in [2.05, 4.69) is 122 Å². The highest BCUT2D eigenvalue weighted by atomic mass is 15.0. The molecule has 1 radical (unpaired) electrons. The summed E-state index contributed by atoms with van der Waals surface area (Å²) in [7, 11) is 4.27. The molecule has 0 fully saturated rings. The summed E-state index contributed by atoms with van der Waals surface area (Å²) >= 11 is 0. The molecule has 0 N–H and O–H groups in total. The summed E-state index contributed by atoms with van der Waals surface area (Å²) in [4.78, 5) is 2.24. The molecule has 4 rings (SSSR count). The molecular formula is C27H26N. The molecule has 0 heterocycles. The van der Waals surface area contributed by atoms with E-state index in [1.807, 2.05) is 0 Å². The van der Waals surface area contributed by atoms with Crippen LogP contribution in [0.1, 0.15) is 28.2 Å². The molecule has 1 aliphatic rings. The van der Waals surface area contributed by atoms with Gasteiger partial charge in [-0.3, -0.25) is 0 Å². The van der Waals surface area contributed by atoms with Crippen LogP contribution in [0.25, 0.3) is 0 Å². The maximum atomic E-state index is 2.32. The van der Waals surface area contributed by atoms with Gasteiger partial charge in [0, 0.05) is 12.5 Å². The second-order valence-corrected chi connectivity index (χ2v) is 7.54. The van der Waals surface area contributed by atoms with Crippen molar-refractivity contribution in [3.63, 3.8) is 0 Å². The smallest absolute Gasteiger partial charge is 0.0632 e. The summed E-state index contributed by atoms with van der Waals surface area (Å²) in [5, 5.41) is 0. The first-order valence-electron chi connectivity index (χ1n) is 9.83. The zero-order valence-corrected chi connectivity index (χ0v) is 16.5. The van der Waals surface area contributed by atoms with Crippen molar-refractivity contribution >= 4 is 0 Å². The van der Waals surface area contributed by atoms with Gasteiger partial charge in [-0.25, -0.2) is 0 Å². The largest absolute Gasteiger partial charge is 0.305 e. The van der Waals surface area contributed by atoms with Crippen molar-refractivity contribution in [1.29, 1.82) is 0 Å². The molecular weight excluding hydrogens is 338 g/mol. The van der Waals surface area contributed by atoms with Gasteiger partial charge in [0.2, 0.25) is 0 Å². The second kappa shape index (κ2) is 8.41. The highest BCUT2D eigenvalue weighted by Gasteiger charge is 2.26. The van der Waals surface area contributed by atoms with Gasteiger partial charge >= 0.3 is 0 Å².